The molecule has 24 heavy (non-hydrogen) atoms. The van der Waals surface area contributed by atoms with Crippen LogP contribution in [0.4, 0.5) is 5.82 Å². The Hall–Kier alpha value is -3.35. The summed E-state index contributed by atoms with van der Waals surface area (Å²) in [6.07, 6.45) is 3.30. The molecule has 0 radical (unpaired) electrons. The first-order valence-corrected chi connectivity index (χ1v) is 7.42. The largest absolute Gasteiger partial charge is 0.497 e. The van der Waals surface area contributed by atoms with Gasteiger partial charge in [-0.1, -0.05) is 12.1 Å². The number of nitrogen functional groups attached to an aromatic ring is 1. The Balaban J connectivity index is 1.93. The third-order valence-electron chi connectivity index (χ3n) is 4.02. The number of hydrogen-bond donors (Lipinski definition) is 2. The van der Waals surface area contributed by atoms with Gasteiger partial charge in [-0.3, -0.25) is 14.5 Å². The Bertz CT molecular complexity index is 1100. The van der Waals surface area contributed by atoms with E-state index in [1.54, 1.807) is 24.2 Å². The number of pyridine rings is 2. The molecule has 0 aliphatic carbocycles. The van der Waals surface area contributed by atoms with Gasteiger partial charge in [-0.2, -0.15) is 5.10 Å². The minimum Gasteiger partial charge on any atom is -0.497 e. The maximum Gasteiger partial charge on any atom is 0.261 e. The first kappa shape index (κ1) is 14.3. The second kappa shape index (κ2) is 5.38. The summed E-state index contributed by atoms with van der Waals surface area (Å²) in [7, 11) is 1.63. The summed E-state index contributed by atoms with van der Waals surface area (Å²) >= 11 is 0. The smallest absolute Gasteiger partial charge is 0.261 e. The average molecular weight is 321 g/mol. The van der Waals surface area contributed by atoms with E-state index in [0.29, 0.717) is 23.0 Å². The number of anilines is 1. The van der Waals surface area contributed by atoms with Crippen LogP contribution in [-0.2, 0) is 6.54 Å². The summed E-state index contributed by atoms with van der Waals surface area (Å²) in [5.41, 5.74) is 8.12. The fourth-order valence-corrected chi connectivity index (χ4v) is 2.88. The van der Waals surface area contributed by atoms with Gasteiger partial charge in [0, 0.05) is 11.6 Å². The van der Waals surface area contributed by atoms with Crippen LogP contribution in [0.15, 0.2) is 47.5 Å². The van der Waals surface area contributed by atoms with E-state index in [4.69, 9.17) is 10.5 Å². The second-order valence-electron chi connectivity index (χ2n) is 5.49. The molecule has 3 N–H and O–H groups in total. The molecule has 1 aromatic carbocycles. The van der Waals surface area contributed by atoms with Gasteiger partial charge in [-0.25, -0.2) is 0 Å². The van der Waals surface area contributed by atoms with Gasteiger partial charge in [-0.05, 0) is 23.8 Å². The summed E-state index contributed by atoms with van der Waals surface area (Å²) in [6.45, 7) is 0.499. The van der Waals surface area contributed by atoms with E-state index >= 15 is 0 Å². The van der Waals surface area contributed by atoms with E-state index in [2.05, 4.69) is 15.1 Å². The lowest BCUT2D eigenvalue weighted by Crippen LogP contribution is -2.08. The molecule has 0 aliphatic heterocycles. The Labute approximate surface area is 136 Å². The average Bonchev–Trinajstić information content (AvgIpc) is 2.93. The van der Waals surface area contributed by atoms with Crippen molar-refractivity contribution in [3.63, 3.8) is 0 Å². The number of nitrogens with one attached hydrogen (secondary N) is 1. The lowest BCUT2D eigenvalue weighted by atomic mass is 10.2. The molecule has 0 aliphatic rings. The maximum atomic E-state index is 12.3. The van der Waals surface area contributed by atoms with Crippen LogP contribution in [0.3, 0.4) is 0 Å². The van der Waals surface area contributed by atoms with Crippen molar-refractivity contribution in [3.8, 4) is 5.75 Å². The topological polar surface area (TPSA) is 98.8 Å². The van der Waals surface area contributed by atoms with Crippen LogP contribution in [0.1, 0.15) is 5.56 Å². The molecule has 0 saturated heterocycles. The van der Waals surface area contributed by atoms with Crippen LogP contribution < -0.4 is 16.0 Å². The quantitative estimate of drug-likeness (QED) is 0.600. The Morgan fingerprint density at radius 1 is 1.25 bits per heavy atom. The van der Waals surface area contributed by atoms with Gasteiger partial charge in [0.1, 0.15) is 11.1 Å². The number of benzene rings is 1. The fourth-order valence-electron chi connectivity index (χ4n) is 2.88. The van der Waals surface area contributed by atoms with Crippen LogP contribution >= 0.6 is 0 Å². The minimum absolute atomic E-state index is 0.221. The van der Waals surface area contributed by atoms with Crippen molar-refractivity contribution in [3.05, 3.63) is 58.6 Å². The standard InChI is InChI=1S/C17H15N5O2/c1-24-11-4-2-10(3-5-11)9-22-15-12-6-7-19-8-13(12)20-17(23)14(15)16(18)21-22/h2-8H,9H2,1H3,(H2,18,21)(H,20,23). The van der Waals surface area contributed by atoms with E-state index < -0.39 is 0 Å². The number of aromatic amines is 1. The SMILES string of the molecule is COc1ccc(Cn2nc(N)c3c(=O)[nH]c4cnccc4c32)cc1. The molecule has 120 valence electrons. The molecule has 0 saturated carbocycles. The van der Waals surface area contributed by atoms with Crippen molar-refractivity contribution < 1.29 is 4.74 Å². The van der Waals surface area contributed by atoms with Gasteiger partial charge in [0.25, 0.3) is 5.56 Å². The zero-order valence-corrected chi connectivity index (χ0v) is 13.0. The summed E-state index contributed by atoms with van der Waals surface area (Å²) in [6, 6.07) is 9.54. The maximum absolute atomic E-state index is 12.3. The van der Waals surface area contributed by atoms with E-state index in [0.717, 1.165) is 16.7 Å². The van der Waals surface area contributed by atoms with Crippen molar-refractivity contribution in [2.45, 2.75) is 6.54 Å². The number of methoxy groups -OCH3 is 1. The molecule has 4 aromatic rings. The Morgan fingerprint density at radius 2 is 2.04 bits per heavy atom. The molecule has 3 heterocycles. The molecule has 7 nitrogen and oxygen atoms in total. The van der Waals surface area contributed by atoms with E-state index in [1.165, 1.54) is 0 Å². The lowest BCUT2D eigenvalue weighted by molar-refractivity contribution is 0.414. The number of ether oxygens (including phenoxy) is 1. The van der Waals surface area contributed by atoms with Crippen LogP contribution in [0.5, 0.6) is 5.75 Å². The van der Waals surface area contributed by atoms with Gasteiger partial charge in [0.15, 0.2) is 5.82 Å². The predicted molar refractivity (Wildman–Crippen MR) is 92.2 cm³/mol. The highest BCUT2D eigenvalue weighted by Gasteiger charge is 2.15. The van der Waals surface area contributed by atoms with Gasteiger partial charge in [0.2, 0.25) is 0 Å². The zero-order valence-electron chi connectivity index (χ0n) is 13.0. The number of aromatic nitrogens is 4. The third-order valence-corrected chi connectivity index (χ3v) is 4.02. The molecule has 3 aromatic heterocycles. The number of rotatable bonds is 3. The van der Waals surface area contributed by atoms with Crippen molar-refractivity contribution in [1.82, 2.24) is 19.7 Å². The van der Waals surface area contributed by atoms with Gasteiger partial charge < -0.3 is 15.5 Å². The van der Waals surface area contributed by atoms with E-state index in [1.807, 2.05) is 30.3 Å². The molecular weight excluding hydrogens is 306 g/mol. The first-order chi connectivity index (χ1) is 11.7. The van der Waals surface area contributed by atoms with Crippen molar-refractivity contribution in [2.24, 2.45) is 0 Å². The van der Waals surface area contributed by atoms with Crippen LogP contribution in [-0.4, -0.2) is 26.9 Å². The lowest BCUT2D eigenvalue weighted by Gasteiger charge is -2.07. The van der Waals surface area contributed by atoms with Gasteiger partial charge >= 0.3 is 0 Å². The number of H-pyrrole nitrogens is 1. The Morgan fingerprint density at radius 3 is 2.79 bits per heavy atom. The number of nitrogens with two attached hydrogens (primary N) is 1. The highest BCUT2D eigenvalue weighted by atomic mass is 16.5. The number of fused-ring (bicyclic) bond motifs is 3. The molecule has 0 unspecified atom stereocenters. The Kier molecular flexibility index (Phi) is 3.19. The number of nitrogens with zero attached hydrogens (tertiary/aromatic N) is 3. The molecular formula is C17H15N5O2. The summed E-state index contributed by atoms with van der Waals surface area (Å²) < 4.78 is 6.93. The second-order valence-corrected chi connectivity index (χ2v) is 5.49. The number of hydrogen-bond acceptors (Lipinski definition) is 5. The van der Waals surface area contributed by atoms with Crippen LogP contribution in [0, 0.1) is 0 Å². The highest BCUT2D eigenvalue weighted by Crippen LogP contribution is 2.25. The van der Waals surface area contributed by atoms with Crippen molar-refractivity contribution >= 4 is 27.6 Å². The van der Waals surface area contributed by atoms with Crippen LogP contribution in [0.25, 0.3) is 21.8 Å². The monoisotopic (exact) mass is 321 g/mol. The summed E-state index contributed by atoms with van der Waals surface area (Å²) in [5.74, 6) is 1.01. The van der Waals surface area contributed by atoms with E-state index in [-0.39, 0.29) is 11.4 Å². The normalized spacial score (nSPS) is 11.2. The molecule has 0 atom stereocenters. The predicted octanol–water partition coefficient (Wildman–Crippen LogP) is 1.91. The molecule has 0 bridgehead atoms. The van der Waals surface area contributed by atoms with E-state index in [9.17, 15) is 4.79 Å². The van der Waals surface area contributed by atoms with Gasteiger partial charge in [0.05, 0.1) is 30.9 Å². The van der Waals surface area contributed by atoms with Gasteiger partial charge in [-0.15, -0.1) is 0 Å². The third kappa shape index (κ3) is 2.18. The van der Waals surface area contributed by atoms with Crippen molar-refractivity contribution in [1.29, 1.82) is 0 Å². The van der Waals surface area contributed by atoms with Crippen molar-refractivity contribution in [2.75, 3.05) is 12.8 Å². The molecule has 0 fully saturated rings. The molecule has 0 spiro atoms. The minimum atomic E-state index is -0.260. The zero-order chi connectivity index (χ0) is 16.7. The summed E-state index contributed by atoms with van der Waals surface area (Å²) in [4.78, 5) is 19.2. The fraction of sp³-hybridized carbons (Fsp3) is 0.118. The molecule has 7 heteroatoms. The van der Waals surface area contributed by atoms with Crippen LogP contribution in [0.2, 0.25) is 0 Å². The molecule has 0 amide bonds. The first-order valence-electron chi connectivity index (χ1n) is 7.42. The summed E-state index contributed by atoms with van der Waals surface area (Å²) in [5, 5.41) is 5.62. The highest BCUT2D eigenvalue weighted by molar-refractivity contribution is 6.06. The molecule has 4 rings (SSSR count).